The minimum absolute atomic E-state index is 0.188. The first-order valence-corrected chi connectivity index (χ1v) is 8.41. The molecule has 0 aromatic carbocycles. The van der Waals surface area contributed by atoms with Gasteiger partial charge in [-0.15, -0.1) is 0 Å². The Bertz CT molecular complexity index is 649. The lowest BCUT2D eigenvalue weighted by Gasteiger charge is -2.32. The van der Waals surface area contributed by atoms with E-state index in [9.17, 15) is 4.79 Å². The lowest BCUT2D eigenvalue weighted by Crippen LogP contribution is -2.39. The molecule has 2 aromatic heterocycles. The Morgan fingerprint density at radius 3 is 2.75 bits per heavy atom. The molecule has 0 saturated carbocycles. The molecule has 6 nitrogen and oxygen atoms in total. The Morgan fingerprint density at radius 2 is 2.08 bits per heavy atom. The van der Waals surface area contributed by atoms with Crippen LogP contribution in [0.1, 0.15) is 30.6 Å². The molecule has 2 aromatic rings. The number of likely N-dealkylation sites (tertiary alicyclic amines) is 1. The number of carbonyl (C=O) groups is 1. The highest BCUT2D eigenvalue weighted by molar-refractivity contribution is 5.76. The average Bonchev–Trinajstić information content (AvgIpc) is 3.09. The number of hydrogen-bond donors (Lipinski definition) is 0. The minimum Gasteiger partial charge on any atom is -0.479 e. The summed E-state index contributed by atoms with van der Waals surface area (Å²) in [4.78, 5) is 18.4. The molecule has 1 aliphatic heterocycles. The second-order valence-electron chi connectivity index (χ2n) is 6.22. The standard InChI is InChI=1S/C18H23N3O3/c1-23-17-13-16(24-20-17)2-3-18(22)21-10-6-15(7-11-21)12-14-4-8-19-9-5-14/h4-5,8-9,13,15H,2-3,6-7,10-12H2,1H3. The van der Waals surface area contributed by atoms with Gasteiger partial charge in [0.25, 0.3) is 5.88 Å². The van der Waals surface area contributed by atoms with E-state index in [1.165, 1.54) is 5.56 Å². The Hall–Kier alpha value is -2.37. The Labute approximate surface area is 141 Å². The first-order valence-electron chi connectivity index (χ1n) is 8.41. The van der Waals surface area contributed by atoms with Crippen LogP contribution in [0, 0.1) is 5.92 Å². The van der Waals surface area contributed by atoms with Crippen molar-refractivity contribution >= 4 is 5.91 Å². The summed E-state index contributed by atoms with van der Waals surface area (Å²) in [6.07, 6.45) is 7.88. The molecule has 3 rings (SSSR count). The highest BCUT2D eigenvalue weighted by Crippen LogP contribution is 2.22. The molecule has 1 aliphatic rings. The molecule has 1 saturated heterocycles. The van der Waals surface area contributed by atoms with Crippen LogP contribution < -0.4 is 4.74 Å². The van der Waals surface area contributed by atoms with Crippen LogP contribution in [0.4, 0.5) is 0 Å². The number of rotatable bonds is 6. The number of ether oxygens (including phenoxy) is 1. The van der Waals surface area contributed by atoms with Gasteiger partial charge in [0, 0.05) is 44.4 Å². The van der Waals surface area contributed by atoms with Crippen molar-refractivity contribution in [3.05, 3.63) is 41.9 Å². The van der Waals surface area contributed by atoms with Gasteiger partial charge in [-0.25, -0.2) is 0 Å². The second kappa shape index (κ2) is 7.95. The maximum absolute atomic E-state index is 12.3. The molecule has 0 aliphatic carbocycles. The van der Waals surface area contributed by atoms with Gasteiger partial charge in [-0.3, -0.25) is 9.78 Å². The van der Waals surface area contributed by atoms with Crippen molar-refractivity contribution < 1.29 is 14.1 Å². The molecular formula is C18H23N3O3. The molecule has 0 bridgehead atoms. The van der Waals surface area contributed by atoms with E-state index in [1.807, 2.05) is 17.3 Å². The predicted octanol–water partition coefficient (Wildman–Crippen LogP) is 2.49. The van der Waals surface area contributed by atoms with Crippen LogP contribution in [0.3, 0.4) is 0 Å². The van der Waals surface area contributed by atoms with Crippen LogP contribution >= 0.6 is 0 Å². The molecule has 3 heterocycles. The van der Waals surface area contributed by atoms with Crippen molar-refractivity contribution in [1.82, 2.24) is 15.0 Å². The largest absolute Gasteiger partial charge is 0.479 e. The zero-order valence-corrected chi connectivity index (χ0v) is 14.0. The summed E-state index contributed by atoms with van der Waals surface area (Å²) in [5, 5.41) is 3.75. The highest BCUT2D eigenvalue weighted by atomic mass is 16.5. The Morgan fingerprint density at radius 1 is 1.33 bits per heavy atom. The number of hydrogen-bond acceptors (Lipinski definition) is 5. The fourth-order valence-corrected chi connectivity index (χ4v) is 3.13. The fraction of sp³-hybridized carbons (Fsp3) is 0.500. The fourth-order valence-electron chi connectivity index (χ4n) is 3.13. The monoisotopic (exact) mass is 329 g/mol. The number of aryl methyl sites for hydroxylation is 1. The van der Waals surface area contributed by atoms with E-state index in [0.717, 1.165) is 32.4 Å². The van der Waals surface area contributed by atoms with Gasteiger partial charge in [0.05, 0.1) is 7.11 Å². The summed E-state index contributed by atoms with van der Waals surface area (Å²) in [6.45, 7) is 1.68. The third kappa shape index (κ3) is 4.34. The molecule has 1 fully saturated rings. The lowest BCUT2D eigenvalue weighted by atomic mass is 9.90. The van der Waals surface area contributed by atoms with Gasteiger partial charge in [-0.05, 0) is 48.0 Å². The third-order valence-electron chi connectivity index (χ3n) is 4.57. The van der Waals surface area contributed by atoms with Crippen molar-refractivity contribution in [3.63, 3.8) is 0 Å². The smallest absolute Gasteiger partial charge is 0.254 e. The molecule has 1 amide bonds. The number of amides is 1. The SMILES string of the molecule is COc1cc(CCC(=O)N2CCC(Cc3ccncc3)CC2)on1. The van der Waals surface area contributed by atoms with E-state index in [2.05, 4.69) is 22.3 Å². The quantitative estimate of drug-likeness (QED) is 0.814. The van der Waals surface area contributed by atoms with E-state index in [-0.39, 0.29) is 5.91 Å². The maximum Gasteiger partial charge on any atom is 0.254 e. The van der Waals surface area contributed by atoms with Crippen LogP contribution in [-0.2, 0) is 17.6 Å². The zero-order valence-electron chi connectivity index (χ0n) is 14.0. The van der Waals surface area contributed by atoms with Crippen LogP contribution in [0.5, 0.6) is 5.88 Å². The second-order valence-corrected chi connectivity index (χ2v) is 6.22. The van der Waals surface area contributed by atoms with Gasteiger partial charge in [0.1, 0.15) is 5.76 Å². The molecule has 24 heavy (non-hydrogen) atoms. The van der Waals surface area contributed by atoms with Gasteiger partial charge >= 0.3 is 0 Å². The normalized spacial score (nSPS) is 15.5. The molecule has 0 unspecified atom stereocenters. The number of pyridine rings is 1. The Balaban J connectivity index is 1.41. The zero-order chi connectivity index (χ0) is 16.8. The van der Waals surface area contributed by atoms with Crippen molar-refractivity contribution in [3.8, 4) is 5.88 Å². The summed E-state index contributed by atoms with van der Waals surface area (Å²) in [6, 6.07) is 5.88. The average molecular weight is 329 g/mol. The first-order chi connectivity index (χ1) is 11.7. The van der Waals surface area contributed by atoms with Gasteiger partial charge in [0.2, 0.25) is 5.91 Å². The number of carbonyl (C=O) groups excluding carboxylic acids is 1. The lowest BCUT2D eigenvalue weighted by molar-refractivity contribution is -0.132. The maximum atomic E-state index is 12.3. The number of nitrogens with zero attached hydrogens (tertiary/aromatic N) is 3. The third-order valence-corrected chi connectivity index (χ3v) is 4.57. The molecule has 6 heteroatoms. The summed E-state index contributed by atoms with van der Waals surface area (Å²) in [5.41, 5.74) is 1.33. The molecule has 128 valence electrons. The molecule has 0 radical (unpaired) electrons. The van der Waals surface area contributed by atoms with Gasteiger partial charge < -0.3 is 14.2 Å². The Kier molecular flexibility index (Phi) is 5.46. The summed E-state index contributed by atoms with van der Waals surface area (Å²) in [7, 11) is 1.54. The van der Waals surface area contributed by atoms with Crippen molar-refractivity contribution in [1.29, 1.82) is 0 Å². The van der Waals surface area contributed by atoms with Crippen LogP contribution in [0.25, 0.3) is 0 Å². The van der Waals surface area contributed by atoms with E-state index >= 15 is 0 Å². The van der Waals surface area contributed by atoms with Crippen molar-refractivity contribution in [2.24, 2.45) is 5.92 Å². The molecule has 0 spiro atoms. The first kappa shape index (κ1) is 16.5. The minimum atomic E-state index is 0.188. The number of piperidine rings is 1. The van der Waals surface area contributed by atoms with Crippen LogP contribution in [0.15, 0.2) is 35.1 Å². The van der Waals surface area contributed by atoms with Crippen LogP contribution in [-0.4, -0.2) is 41.1 Å². The number of aromatic nitrogens is 2. The summed E-state index contributed by atoms with van der Waals surface area (Å²) < 4.78 is 10.1. The van der Waals surface area contributed by atoms with Gasteiger partial charge in [-0.1, -0.05) is 0 Å². The predicted molar refractivity (Wildman–Crippen MR) is 88.6 cm³/mol. The van der Waals surface area contributed by atoms with Crippen molar-refractivity contribution in [2.75, 3.05) is 20.2 Å². The van der Waals surface area contributed by atoms with Gasteiger partial charge in [0.15, 0.2) is 0 Å². The summed E-state index contributed by atoms with van der Waals surface area (Å²) in [5.74, 6) is 1.98. The number of methoxy groups -OCH3 is 1. The molecular weight excluding hydrogens is 306 g/mol. The van der Waals surface area contributed by atoms with E-state index in [0.29, 0.717) is 30.4 Å². The van der Waals surface area contributed by atoms with E-state index in [1.54, 1.807) is 13.2 Å². The van der Waals surface area contributed by atoms with E-state index < -0.39 is 0 Å². The highest BCUT2D eigenvalue weighted by Gasteiger charge is 2.23. The van der Waals surface area contributed by atoms with Crippen LogP contribution in [0.2, 0.25) is 0 Å². The summed E-state index contributed by atoms with van der Waals surface area (Å²) >= 11 is 0. The van der Waals surface area contributed by atoms with Crippen molar-refractivity contribution in [2.45, 2.75) is 32.1 Å². The topological polar surface area (TPSA) is 68.5 Å². The molecule has 0 atom stereocenters. The molecule has 0 N–H and O–H groups in total. The van der Waals surface area contributed by atoms with E-state index in [4.69, 9.17) is 9.26 Å². The van der Waals surface area contributed by atoms with Gasteiger partial charge in [-0.2, -0.15) is 0 Å².